The molecule has 0 saturated heterocycles. The predicted octanol–water partition coefficient (Wildman–Crippen LogP) is 2.15. The number of hydrazine groups is 2. The third-order valence-corrected chi connectivity index (χ3v) is 4.69. The van der Waals surface area contributed by atoms with E-state index in [0.717, 1.165) is 17.1 Å². The van der Waals surface area contributed by atoms with E-state index in [1.165, 1.54) is 0 Å². The molecule has 27 heavy (non-hydrogen) atoms. The summed E-state index contributed by atoms with van der Waals surface area (Å²) < 4.78 is 16.4. The van der Waals surface area contributed by atoms with E-state index in [1.807, 2.05) is 11.2 Å². The van der Waals surface area contributed by atoms with Crippen LogP contribution in [0.4, 0.5) is 10.1 Å². The Balaban J connectivity index is 1.49. The Hall–Kier alpha value is -2.85. The van der Waals surface area contributed by atoms with Crippen LogP contribution in [0.3, 0.4) is 0 Å². The molecular formula is C17H17BrFN7O. The van der Waals surface area contributed by atoms with Gasteiger partial charge in [-0.2, -0.15) is 5.10 Å². The Labute approximate surface area is 163 Å². The van der Waals surface area contributed by atoms with Crippen LogP contribution in [-0.2, 0) is 13.1 Å². The van der Waals surface area contributed by atoms with Crippen molar-refractivity contribution < 1.29 is 9.50 Å². The maximum absolute atomic E-state index is 14.3. The maximum Gasteiger partial charge on any atom is 0.142 e. The fourth-order valence-corrected chi connectivity index (χ4v) is 3.18. The fraction of sp³-hybridized carbons (Fsp3) is 0.176. The summed E-state index contributed by atoms with van der Waals surface area (Å²) in [6.07, 6.45) is 8.72. The lowest BCUT2D eigenvalue weighted by molar-refractivity contribution is 0.269. The van der Waals surface area contributed by atoms with E-state index in [9.17, 15) is 4.39 Å². The summed E-state index contributed by atoms with van der Waals surface area (Å²) in [4.78, 5) is 4.40. The lowest BCUT2D eigenvalue weighted by Crippen LogP contribution is -2.32. The van der Waals surface area contributed by atoms with Gasteiger partial charge in [-0.1, -0.05) is 12.1 Å². The molecule has 0 amide bonds. The average molecular weight is 434 g/mol. The van der Waals surface area contributed by atoms with Gasteiger partial charge in [-0.25, -0.2) is 14.4 Å². The fourth-order valence-electron chi connectivity index (χ4n) is 2.78. The van der Waals surface area contributed by atoms with Gasteiger partial charge in [0, 0.05) is 18.0 Å². The quantitative estimate of drug-likeness (QED) is 0.647. The third-order valence-electron chi connectivity index (χ3n) is 4.07. The van der Waals surface area contributed by atoms with Crippen molar-refractivity contribution in [2.75, 3.05) is 12.0 Å². The number of aliphatic hydroxyl groups is 1. The molecule has 0 atom stereocenters. The number of hydrogen-bond acceptors (Lipinski definition) is 7. The van der Waals surface area contributed by atoms with Gasteiger partial charge < -0.3 is 10.5 Å². The summed E-state index contributed by atoms with van der Waals surface area (Å²) in [7, 11) is 0. The molecule has 10 heteroatoms. The molecule has 2 aliphatic rings. The third kappa shape index (κ3) is 3.67. The molecule has 140 valence electrons. The van der Waals surface area contributed by atoms with E-state index >= 15 is 0 Å². The summed E-state index contributed by atoms with van der Waals surface area (Å²) in [5.74, 6) is -0.279. The highest BCUT2D eigenvalue weighted by Crippen LogP contribution is 2.27. The van der Waals surface area contributed by atoms with Crippen LogP contribution in [-0.4, -0.2) is 37.9 Å². The minimum absolute atomic E-state index is 0.0251. The van der Waals surface area contributed by atoms with Gasteiger partial charge in [0.05, 0.1) is 42.3 Å². The van der Waals surface area contributed by atoms with Crippen LogP contribution >= 0.6 is 15.9 Å². The minimum atomic E-state index is -0.279. The van der Waals surface area contributed by atoms with Gasteiger partial charge in [0.15, 0.2) is 0 Å². The van der Waals surface area contributed by atoms with Crippen LogP contribution in [0.25, 0.3) is 0 Å². The van der Waals surface area contributed by atoms with Crippen molar-refractivity contribution >= 4 is 28.0 Å². The molecule has 3 heterocycles. The lowest BCUT2D eigenvalue weighted by atomic mass is 10.2. The molecular weight excluding hydrogens is 417 g/mol. The number of rotatable bonds is 6. The summed E-state index contributed by atoms with van der Waals surface area (Å²) in [6, 6.07) is 5.23. The van der Waals surface area contributed by atoms with E-state index in [0.29, 0.717) is 23.1 Å². The van der Waals surface area contributed by atoms with Gasteiger partial charge in [-0.3, -0.25) is 15.1 Å². The zero-order valence-electron chi connectivity index (χ0n) is 14.2. The number of aliphatic imine (C=N–C) groups is 1. The Bertz CT molecular complexity index is 939. The van der Waals surface area contributed by atoms with Crippen molar-refractivity contribution in [3.8, 4) is 0 Å². The monoisotopic (exact) mass is 433 g/mol. The lowest BCUT2D eigenvalue weighted by Gasteiger charge is -2.26. The van der Waals surface area contributed by atoms with Gasteiger partial charge in [-0.15, -0.1) is 0 Å². The normalized spacial score (nSPS) is 15.4. The minimum Gasteiger partial charge on any atom is -0.394 e. The Kier molecular flexibility index (Phi) is 4.82. The van der Waals surface area contributed by atoms with Crippen molar-refractivity contribution in [3.05, 3.63) is 70.2 Å². The summed E-state index contributed by atoms with van der Waals surface area (Å²) in [5.41, 5.74) is 9.16. The number of hydrogen-bond donors (Lipinski definition) is 3. The Morgan fingerprint density at radius 2 is 2.22 bits per heavy atom. The molecule has 4 rings (SSSR count). The summed E-state index contributed by atoms with van der Waals surface area (Å²) in [5, 5.41) is 16.6. The molecule has 8 nitrogen and oxygen atoms in total. The smallest absolute Gasteiger partial charge is 0.142 e. The van der Waals surface area contributed by atoms with Crippen molar-refractivity contribution in [1.82, 2.24) is 25.2 Å². The van der Waals surface area contributed by atoms with Gasteiger partial charge >= 0.3 is 0 Å². The van der Waals surface area contributed by atoms with Gasteiger partial charge in [-0.05, 0) is 22.0 Å². The topological polar surface area (TPSA) is 80.9 Å². The van der Waals surface area contributed by atoms with E-state index in [4.69, 9.17) is 5.11 Å². The highest BCUT2D eigenvalue weighted by molar-refractivity contribution is 9.10. The van der Waals surface area contributed by atoms with Crippen molar-refractivity contribution in [2.45, 2.75) is 13.1 Å². The number of nitrogens with one attached hydrogen (secondary N) is 2. The van der Waals surface area contributed by atoms with E-state index in [2.05, 4.69) is 36.9 Å². The zero-order valence-corrected chi connectivity index (χ0v) is 15.8. The first-order valence-electron chi connectivity index (χ1n) is 8.25. The van der Waals surface area contributed by atoms with Crippen LogP contribution in [0.2, 0.25) is 0 Å². The van der Waals surface area contributed by atoms with Gasteiger partial charge in [0.1, 0.15) is 23.5 Å². The second kappa shape index (κ2) is 7.41. The Morgan fingerprint density at radius 1 is 1.33 bits per heavy atom. The number of nitrogens with zero attached hydrogens (tertiary/aromatic N) is 5. The second-order valence-corrected chi connectivity index (χ2v) is 6.81. The van der Waals surface area contributed by atoms with Crippen LogP contribution < -0.4 is 10.9 Å². The highest BCUT2D eigenvalue weighted by Gasteiger charge is 2.24. The van der Waals surface area contributed by atoms with Crippen LogP contribution in [0.15, 0.2) is 63.9 Å². The number of fused-ring (bicyclic) bond motifs is 1. The molecule has 0 aliphatic carbocycles. The van der Waals surface area contributed by atoms with Crippen LogP contribution in [0.5, 0.6) is 0 Å². The summed E-state index contributed by atoms with van der Waals surface area (Å²) >= 11 is 3.22. The largest absolute Gasteiger partial charge is 0.394 e. The molecule has 0 bridgehead atoms. The standard InChI is InChI=1S/C17H17BrFN7O/c18-14-3-1-2-12(17(14)19)8-26-16-10-25(11-20-15(16)7-22-26)23-13-6-21-24(9-13)4-5-27/h1-3,6-7,9-11,22-23,27H,4-5,8H2. The molecule has 1 aromatic heterocycles. The molecule has 1 aromatic carbocycles. The average Bonchev–Trinajstić information content (AvgIpc) is 3.26. The predicted molar refractivity (Wildman–Crippen MR) is 102 cm³/mol. The number of aromatic nitrogens is 2. The van der Waals surface area contributed by atoms with Crippen LogP contribution in [0.1, 0.15) is 5.56 Å². The molecule has 0 fully saturated rings. The van der Waals surface area contributed by atoms with Gasteiger partial charge in [0.2, 0.25) is 0 Å². The Morgan fingerprint density at radius 3 is 3.07 bits per heavy atom. The number of benzene rings is 1. The second-order valence-electron chi connectivity index (χ2n) is 5.95. The van der Waals surface area contributed by atoms with Gasteiger partial charge in [0.25, 0.3) is 0 Å². The van der Waals surface area contributed by atoms with Crippen molar-refractivity contribution in [3.63, 3.8) is 0 Å². The first-order valence-corrected chi connectivity index (χ1v) is 9.05. The molecule has 2 aromatic rings. The first kappa shape index (κ1) is 17.6. The SMILES string of the molecule is OCCn1cc(NN2C=NC3=CNN(Cc4cccc(Br)c4F)C3=C2)cn1. The number of aliphatic hydroxyl groups excluding tert-OH is 1. The van der Waals surface area contributed by atoms with E-state index < -0.39 is 0 Å². The molecule has 0 unspecified atom stereocenters. The maximum atomic E-state index is 14.3. The zero-order chi connectivity index (χ0) is 18.8. The van der Waals surface area contributed by atoms with Crippen molar-refractivity contribution in [1.29, 1.82) is 0 Å². The summed E-state index contributed by atoms with van der Waals surface area (Å²) in [6.45, 7) is 0.797. The molecule has 0 saturated carbocycles. The molecule has 0 radical (unpaired) electrons. The molecule has 0 spiro atoms. The number of anilines is 1. The molecule has 2 aliphatic heterocycles. The van der Waals surface area contributed by atoms with E-state index in [1.54, 1.807) is 52.8 Å². The van der Waals surface area contributed by atoms with E-state index in [-0.39, 0.29) is 12.4 Å². The number of halogens is 2. The first-order chi connectivity index (χ1) is 13.1. The molecule has 3 N–H and O–H groups in total. The van der Waals surface area contributed by atoms with Crippen molar-refractivity contribution in [2.24, 2.45) is 4.99 Å². The highest BCUT2D eigenvalue weighted by atomic mass is 79.9. The van der Waals surface area contributed by atoms with Crippen LogP contribution in [0, 0.1) is 5.82 Å².